The van der Waals surface area contributed by atoms with E-state index >= 15 is 0 Å². The highest BCUT2D eigenvalue weighted by molar-refractivity contribution is 5.80. The summed E-state index contributed by atoms with van der Waals surface area (Å²) in [5, 5.41) is 21.4. The number of phenolic OH excluding ortho intramolecular Hbond substituents is 1. The topological polar surface area (TPSA) is 96.6 Å². The van der Waals surface area contributed by atoms with E-state index in [0.717, 1.165) is 49.1 Å². The Morgan fingerprint density at radius 1 is 1.43 bits per heavy atom. The summed E-state index contributed by atoms with van der Waals surface area (Å²) in [6, 6.07) is 5.58. The molecule has 0 amide bonds. The number of fused-ring (bicyclic) bond motifs is 1. The van der Waals surface area contributed by atoms with Crippen LogP contribution in [0.4, 0.5) is 0 Å². The molecular weight excluding hydrogens is 356 g/mol. The first-order valence-electron chi connectivity index (χ1n) is 9.84. The second kappa shape index (κ2) is 8.95. The van der Waals surface area contributed by atoms with Gasteiger partial charge in [0.15, 0.2) is 23.3 Å². The van der Waals surface area contributed by atoms with Gasteiger partial charge in [-0.3, -0.25) is 0 Å². The van der Waals surface area contributed by atoms with Gasteiger partial charge in [-0.05, 0) is 31.0 Å². The number of rotatable bonds is 6. The molecule has 0 saturated heterocycles. The van der Waals surface area contributed by atoms with E-state index in [-0.39, 0.29) is 11.8 Å². The van der Waals surface area contributed by atoms with Gasteiger partial charge in [-0.15, -0.1) is 0 Å². The minimum Gasteiger partial charge on any atom is -0.504 e. The number of nitrogens with one attached hydrogen (secondary N) is 2. The van der Waals surface area contributed by atoms with Crippen LogP contribution in [-0.2, 0) is 19.5 Å². The number of methoxy groups -OCH3 is 1. The van der Waals surface area contributed by atoms with Crippen molar-refractivity contribution in [3.8, 4) is 11.5 Å². The number of aromatic nitrogens is 3. The van der Waals surface area contributed by atoms with Gasteiger partial charge in [0.25, 0.3) is 0 Å². The summed E-state index contributed by atoms with van der Waals surface area (Å²) in [6.45, 7) is 8.29. The third kappa shape index (κ3) is 4.74. The van der Waals surface area contributed by atoms with Gasteiger partial charge in [-0.25, -0.2) is 14.7 Å². The number of hydrogen-bond donors (Lipinski definition) is 3. The number of aryl methyl sites for hydroxylation is 1. The molecule has 3 rings (SSSR count). The Bertz CT molecular complexity index is 830. The molecule has 1 aliphatic heterocycles. The van der Waals surface area contributed by atoms with Gasteiger partial charge in [-0.1, -0.05) is 19.9 Å². The third-order valence-corrected chi connectivity index (χ3v) is 4.74. The minimum absolute atomic E-state index is 0.125. The summed E-state index contributed by atoms with van der Waals surface area (Å²) >= 11 is 0. The maximum absolute atomic E-state index is 9.93. The van der Waals surface area contributed by atoms with Crippen LogP contribution in [0.2, 0.25) is 0 Å². The molecule has 1 atom stereocenters. The molecule has 0 spiro atoms. The number of aromatic hydroxyl groups is 1. The van der Waals surface area contributed by atoms with Crippen molar-refractivity contribution in [2.75, 3.05) is 13.7 Å². The Morgan fingerprint density at radius 3 is 2.93 bits per heavy atom. The fraction of sp³-hybridized carbons (Fsp3) is 0.550. The van der Waals surface area contributed by atoms with Gasteiger partial charge < -0.3 is 20.5 Å². The lowest BCUT2D eigenvalue weighted by Crippen LogP contribution is -2.47. The van der Waals surface area contributed by atoms with E-state index in [1.54, 1.807) is 12.1 Å². The van der Waals surface area contributed by atoms with Gasteiger partial charge in [0, 0.05) is 24.9 Å². The summed E-state index contributed by atoms with van der Waals surface area (Å²) in [5.41, 5.74) is 0.916. The molecule has 152 valence electrons. The van der Waals surface area contributed by atoms with Gasteiger partial charge >= 0.3 is 0 Å². The molecule has 0 fully saturated rings. The van der Waals surface area contributed by atoms with Gasteiger partial charge in [0.2, 0.25) is 0 Å². The van der Waals surface area contributed by atoms with Crippen molar-refractivity contribution < 1.29 is 9.84 Å². The van der Waals surface area contributed by atoms with Crippen molar-refractivity contribution in [1.29, 1.82) is 0 Å². The van der Waals surface area contributed by atoms with Crippen LogP contribution in [0.15, 0.2) is 23.2 Å². The molecule has 8 heteroatoms. The monoisotopic (exact) mass is 386 g/mol. The smallest absolute Gasteiger partial charge is 0.191 e. The normalized spacial score (nSPS) is 16.8. The molecule has 2 aromatic rings. The second-order valence-electron chi connectivity index (χ2n) is 7.30. The molecular formula is C20H30N6O2. The zero-order valence-electron chi connectivity index (χ0n) is 17.1. The van der Waals surface area contributed by atoms with E-state index < -0.39 is 0 Å². The Balaban J connectivity index is 1.65. The van der Waals surface area contributed by atoms with Gasteiger partial charge in [0.1, 0.15) is 5.82 Å². The fourth-order valence-corrected chi connectivity index (χ4v) is 3.21. The maximum atomic E-state index is 9.93. The number of benzene rings is 1. The van der Waals surface area contributed by atoms with E-state index in [9.17, 15) is 5.11 Å². The average molecular weight is 387 g/mol. The second-order valence-corrected chi connectivity index (χ2v) is 7.30. The van der Waals surface area contributed by atoms with Crippen molar-refractivity contribution in [2.45, 2.75) is 58.7 Å². The Morgan fingerprint density at radius 2 is 2.25 bits per heavy atom. The van der Waals surface area contributed by atoms with Crippen LogP contribution in [0.25, 0.3) is 0 Å². The van der Waals surface area contributed by atoms with E-state index in [2.05, 4.69) is 39.6 Å². The van der Waals surface area contributed by atoms with Crippen molar-refractivity contribution in [2.24, 2.45) is 4.99 Å². The number of nitrogens with zero attached hydrogens (tertiary/aromatic N) is 4. The molecule has 1 aliphatic rings. The minimum atomic E-state index is 0.125. The lowest BCUT2D eigenvalue weighted by molar-refractivity contribution is 0.373. The Labute approximate surface area is 166 Å². The Kier molecular flexibility index (Phi) is 6.38. The molecule has 1 unspecified atom stereocenters. The molecule has 1 aromatic heterocycles. The van der Waals surface area contributed by atoms with Crippen molar-refractivity contribution >= 4 is 5.96 Å². The van der Waals surface area contributed by atoms with E-state index in [4.69, 9.17) is 4.74 Å². The summed E-state index contributed by atoms with van der Waals surface area (Å²) < 4.78 is 7.10. The molecule has 28 heavy (non-hydrogen) atoms. The maximum Gasteiger partial charge on any atom is 0.191 e. The summed E-state index contributed by atoms with van der Waals surface area (Å²) in [5.74, 6) is 3.66. The van der Waals surface area contributed by atoms with E-state index in [0.29, 0.717) is 18.2 Å². The van der Waals surface area contributed by atoms with Gasteiger partial charge in [0.05, 0.1) is 20.2 Å². The van der Waals surface area contributed by atoms with Crippen LogP contribution in [0.3, 0.4) is 0 Å². The molecule has 1 aromatic carbocycles. The Hall–Kier alpha value is -2.77. The molecule has 0 aliphatic carbocycles. The highest BCUT2D eigenvalue weighted by Gasteiger charge is 2.23. The average Bonchev–Trinajstić information content (AvgIpc) is 3.10. The molecule has 3 N–H and O–H groups in total. The zero-order valence-corrected chi connectivity index (χ0v) is 17.1. The van der Waals surface area contributed by atoms with Crippen molar-refractivity contribution in [3.63, 3.8) is 0 Å². The largest absolute Gasteiger partial charge is 0.504 e. The van der Waals surface area contributed by atoms with Crippen molar-refractivity contribution in [1.82, 2.24) is 25.4 Å². The van der Waals surface area contributed by atoms with E-state index in [1.807, 2.05) is 17.7 Å². The number of phenols is 1. The molecule has 0 bridgehead atoms. The first kappa shape index (κ1) is 20.0. The third-order valence-electron chi connectivity index (χ3n) is 4.74. The molecule has 0 radical (unpaired) electrons. The highest BCUT2D eigenvalue weighted by atomic mass is 16.5. The predicted octanol–water partition coefficient (Wildman–Crippen LogP) is 2.19. The van der Waals surface area contributed by atoms with E-state index in [1.165, 1.54) is 7.11 Å². The van der Waals surface area contributed by atoms with Crippen LogP contribution in [0, 0.1) is 0 Å². The first-order valence-corrected chi connectivity index (χ1v) is 9.84. The number of aliphatic imine (C=N–C) groups is 1. The molecule has 2 heterocycles. The number of ether oxygens (including phenoxy) is 1. The summed E-state index contributed by atoms with van der Waals surface area (Å²) in [6.07, 6.45) is 1.90. The lowest BCUT2D eigenvalue weighted by Gasteiger charge is -2.25. The van der Waals surface area contributed by atoms with Crippen molar-refractivity contribution in [3.05, 3.63) is 35.4 Å². The summed E-state index contributed by atoms with van der Waals surface area (Å²) in [7, 11) is 1.54. The SMILES string of the molecule is CCNC(=NCc1ccc(OC)c(O)c1)NC1CCc2nc(C(C)C)nn2C1. The number of hydrogen-bond acceptors (Lipinski definition) is 5. The van der Waals surface area contributed by atoms with Crippen LogP contribution < -0.4 is 15.4 Å². The lowest BCUT2D eigenvalue weighted by atomic mass is 10.1. The first-order chi connectivity index (χ1) is 13.5. The zero-order chi connectivity index (χ0) is 20.1. The molecule has 8 nitrogen and oxygen atoms in total. The number of guanidine groups is 1. The standard InChI is InChI=1S/C20H30N6O2/c1-5-21-20(22-11-14-6-8-17(28-4)16(27)10-14)23-15-7-9-18-24-19(13(2)3)25-26(18)12-15/h6,8,10,13,15,27H,5,7,9,11-12H2,1-4H3,(H2,21,22,23). The quantitative estimate of drug-likeness (QED) is 0.520. The van der Waals surface area contributed by atoms with Gasteiger partial charge in [-0.2, -0.15) is 5.10 Å². The predicted molar refractivity (Wildman–Crippen MR) is 109 cm³/mol. The summed E-state index contributed by atoms with van der Waals surface area (Å²) in [4.78, 5) is 9.30. The fourth-order valence-electron chi connectivity index (χ4n) is 3.21. The van der Waals surface area contributed by atoms with Crippen LogP contribution in [0.5, 0.6) is 11.5 Å². The highest BCUT2D eigenvalue weighted by Crippen LogP contribution is 2.26. The van der Waals surface area contributed by atoms with Crippen LogP contribution >= 0.6 is 0 Å². The van der Waals surface area contributed by atoms with Crippen LogP contribution in [-0.4, -0.2) is 45.5 Å². The molecule has 0 saturated carbocycles. The van der Waals surface area contributed by atoms with Crippen LogP contribution in [0.1, 0.15) is 50.3 Å².